The minimum absolute atomic E-state index is 0. The largest absolute Gasteiger partial charge is 0.494 e. The van der Waals surface area contributed by atoms with E-state index in [1.807, 2.05) is 19.2 Å². The zero-order valence-corrected chi connectivity index (χ0v) is 18.8. The van der Waals surface area contributed by atoms with Gasteiger partial charge in [0.15, 0.2) is 5.96 Å². The number of ether oxygens (including phenoxy) is 1. The van der Waals surface area contributed by atoms with Gasteiger partial charge in [-0.25, -0.2) is 0 Å². The van der Waals surface area contributed by atoms with Crippen LogP contribution in [-0.4, -0.2) is 50.2 Å². The quantitative estimate of drug-likeness (QED) is 0.343. The van der Waals surface area contributed by atoms with E-state index in [0.29, 0.717) is 6.04 Å². The number of halogens is 1. The van der Waals surface area contributed by atoms with E-state index >= 15 is 0 Å². The molecule has 5 nitrogen and oxygen atoms in total. The Hall–Kier alpha value is -1.02. The van der Waals surface area contributed by atoms with Crippen molar-refractivity contribution in [3.05, 3.63) is 29.8 Å². The van der Waals surface area contributed by atoms with Gasteiger partial charge in [-0.15, -0.1) is 24.0 Å². The lowest BCUT2D eigenvalue weighted by atomic mass is 10.1. The predicted octanol–water partition coefficient (Wildman–Crippen LogP) is 3.63. The second kappa shape index (κ2) is 13.2. The van der Waals surface area contributed by atoms with E-state index < -0.39 is 0 Å². The van der Waals surface area contributed by atoms with Crippen LogP contribution in [0.15, 0.2) is 29.3 Å². The van der Waals surface area contributed by atoms with Crippen molar-refractivity contribution in [3.63, 3.8) is 0 Å². The minimum Gasteiger partial charge on any atom is -0.494 e. The first-order valence-electron chi connectivity index (χ1n) is 9.66. The summed E-state index contributed by atoms with van der Waals surface area (Å²) < 4.78 is 5.70. The van der Waals surface area contributed by atoms with Crippen LogP contribution < -0.4 is 15.4 Å². The molecule has 26 heavy (non-hydrogen) atoms. The third kappa shape index (κ3) is 8.12. The van der Waals surface area contributed by atoms with Gasteiger partial charge < -0.3 is 20.3 Å². The molecular weight excluding hydrogens is 439 g/mol. The first-order chi connectivity index (χ1) is 12.2. The Bertz CT molecular complexity index is 530. The lowest BCUT2D eigenvalue weighted by Gasteiger charge is -2.32. The van der Waals surface area contributed by atoms with E-state index in [1.54, 1.807) is 0 Å². The van der Waals surface area contributed by atoms with E-state index in [-0.39, 0.29) is 24.0 Å². The third-order valence-corrected chi connectivity index (χ3v) is 4.52. The zero-order chi connectivity index (χ0) is 17.9. The summed E-state index contributed by atoms with van der Waals surface area (Å²) in [5, 5.41) is 6.99. The molecule has 1 aromatic rings. The Kier molecular flexibility index (Phi) is 11.7. The van der Waals surface area contributed by atoms with Gasteiger partial charge in [0, 0.05) is 32.7 Å². The Morgan fingerprint density at radius 3 is 2.65 bits per heavy atom. The van der Waals surface area contributed by atoms with Gasteiger partial charge in [0.05, 0.1) is 6.61 Å². The van der Waals surface area contributed by atoms with E-state index in [9.17, 15) is 0 Å². The monoisotopic (exact) mass is 474 g/mol. The molecule has 0 bridgehead atoms. The molecule has 1 aromatic carbocycles. The lowest BCUT2D eigenvalue weighted by Crippen LogP contribution is -2.48. The maximum Gasteiger partial charge on any atom is 0.191 e. The van der Waals surface area contributed by atoms with Crippen LogP contribution in [0.25, 0.3) is 0 Å². The van der Waals surface area contributed by atoms with Gasteiger partial charge in [-0.05, 0) is 49.9 Å². The molecular formula is C20H35IN4O. The molecule has 6 heteroatoms. The SMILES string of the molecule is CCCOc1cccc(CNC(=NC)NC2CCN(CCC)CC2)c1.I. The molecule has 2 N–H and O–H groups in total. The van der Waals surface area contributed by atoms with Crippen molar-refractivity contribution in [1.82, 2.24) is 15.5 Å². The molecule has 1 fully saturated rings. The molecule has 1 saturated heterocycles. The molecule has 1 aliphatic rings. The Balaban J connectivity index is 0.00000338. The van der Waals surface area contributed by atoms with Crippen LogP contribution in [0.4, 0.5) is 0 Å². The molecule has 0 atom stereocenters. The van der Waals surface area contributed by atoms with Crippen LogP contribution in [0.1, 0.15) is 45.1 Å². The molecule has 0 spiro atoms. The number of hydrogen-bond donors (Lipinski definition) is 2. The molecule has 0 saturated carbocycles. The fraction of sp³-hybridized carbons (Fsp3) is 0.650. The van der Waals surface area contributed by atoms with Gasteiger partial charge in [-0.2, -0.15) is 0 Å². The number of rotatable bonds is 8. The van der Waals surface area contributed by atoms with Crippen molar-refractivity contribution in [2.24, 2.45) is 4.99 Å². The number of hydrogen-bond acceptors (Lipinski definition) is 3. The van der Waals surface area contributed by atoms with E-state index in [2.05, 4.69) is 46.5 Å². The van der Waals surface area contributed by atoms with Crippen LogP contribution >= 0.6 is 24.0 Å². The molecule has 0 aromatic heterocycles. The second-order valence-corrected chi connectivity index (χ2v) is 6.68. The molecule has 0 radical (unpaired) electrons. The molecule has 148 valence electrons. The van der Waals surface area contributed by atoms with Gasteiger partial charge >= 0.3 is 0 Å². The number of aliphatic imine (C=N–C) groups is 1. The summed E-state index contributed by atoms with van der Waals surface area (Å²) in [5.74, 6) is 1.82. The second-order valence-electron chi connectivity index (χ2n) is 6.68. The van der Waals surface area contributed by atoms with Crippen molar-refractivity contribution in [2.45, 2.75) is 52.1 Å². The maximum atomic E-state index is 5.70. The van der Waals surface area contributed by atoms with E-state index in [4.69, 9.17) is 4.74 Å². The van der Waals surface area contributed by atoms with Gasteiger partial charge in [-0.1, -0.05) is 26.0 Å². The van der Waals surface area contributed by atoms with Crippen LogP contribution in [0, 0.1) is 0 Å². The number of nitrogens with zero attached hydrogens (tertiary/aromatic N) is 2. The van der Waals surface area contributed by atoms with E-state index in [1.165, 1.54) is 44.5 Å². The van der Waals surface area contributed by atoms with Crippen molar-refractivity contribution in [3.8, 4) is 5.75 Å². The van der Waals surface area contributed by atoms with Gasteiger partial charge in [-0.3, -0.25) is 4.99 Å². The number of benzene rings is 1. The summed E-state index contributed by atoms with van der Waals surface area (Å²) in [7, 11) is 1.84. The summed E-state index contributed by atoms with van der Waals surface area (Å²) in [6, 6.07) is 8.78. The van der Waals surface area contributed by atoms with Crippen LogP contribution in [-0.2, 0) is 6.54 Å². The highest BCUT2D eigenvalue weighted by molar-refractivity contribution is 14.0. The minimum atomic E-state index is 0. The molecule has 0 unspecified atom stereocenters. The first-order valence-corrected chi connectivity index (χ1v) is 9.66. The zero-order valence-electron chi connectivity index (χ0n) is 16.5. The highest BCUT2D eigenvalue weighted by atomic mass is 127. The Morgan fingerprint density at radius 1 is 1.23 bits per heavy atom. The molecule has 0 aliphatic carbocycles. The average molecular weight is 474 g/mol. The molecule has 1 aliphatic heterocycles. The highest BCUT2D eigenvalue weighted by Gasteiger charge is 2.19. The van der Waals surface area contributed by atoms with Crippen molar-refractivity contribution >= 4 is 29.9 Å². The Labute approximate surface area is 176 Å². The van der Waals surface area contributed by atoms with Gasteiger partial charge in [0.2, 0.25) is 0 Å². The standard InChI is InChI=1S/C20H34N4O.HI/c1-4-11-24-12-9-18(10-13-24)23-20(21-3)22-16-17-7-6-8-19(15-17)25-14-5-2;/h6-8,15,18H,4-5,9-14,16H2,1-3H3,(H2,21,22,23);1H. The van der Waals surface area contributed by atoms with Crippen LogP contribution in [0.3, 0.4) is 0 Å². The lowest BCUT2D eigenvalue weighted by molar-refractivity contribution is 0.206. The van der Waals surface area contributed by atoms with Crippen molar-refractivity contribution < 1.29 is 4.74 Å². The van der Waals surface area contributed by atoms with Gasteiger partial charge in [0.25, 0.3) is 0 Å². The molecule has 1 heterocycles. The summed E-state index contributed by atoms with van der Waals surface area (Å²) in [4.78, 5) is 6.93. The smallest absolute Gasteiger partial charge is 0.191 e. The van der Waals surface area contributed by atoms with Crippen molar-refractivity contribution in [1.29, 1.82) is 0 Å². The summed E-state index contributed by atoms with van der Waals surface area (Å²) in [5.41, 5.74) is 1.20. The number of piperidine rings is 1. The van der Waals surface area contributed by atoms with Gasteiger partial charge in [0.1, 0.15) is 5.75 Å². The third-order valence-electron chi connectivity index (χ3n) is 4.52. The predicted molar refractivity (Wildman–Crippen MR) is 121 cm³/mol. The van der Waals surface area contributed by atoms with Crippen LogP contribution in [0.5, 0.6) is 5.75 Å². The number of likely N-dealkylation sites (tertiary alicyclic amines) is 1. The Morgan fingerprint density at radius 2 is 2.00 bits per heavy atom. The fourth-order valence-electron chi connectivity index (χ4n) is 3.16. The summed E-state index contributed by atoms with van der Waals surface area (Å²) in [6.07, 6.45) is 4.63. The molecule has 0 amide bonds. The molecule has 2 rings (SSSR count). The first kappa shape index (κ1) is 23.0. The number of guanidine groups is 1. The average Bonchev–Trinajstić information content (AvgIpc) is 2.65. The maximum absolute atomic E-state index is 5.70. The highest BCUT2D eigenvalue weighted by Crippen LogP contribution is 2.14. The summed E-state index contributed by atoms with van der Waals surface area (Å²) >= 11 is 0. The summed E-state index contributed by atoms with van der Waals surface area (Å²) in [6.45, 7) is 9.45. The van der Waals surface area contributed by atoms with Crippen LogP contribution in [0.2, 0.25) is 0 Å². The number of nitrogens with one attached hydrogen (secondary N) is 2. The fourth-order valence-corrected chi connectivity index (χ4v) is 3.16. The van der Waals surface area contributed by atoms with E-state index in [0.717, 1.165) is 31.3 Å². The van der Waals surface area contributed by atoms with Crippen molar-refractivity contribution in [2.75, 3.05) is 33.3 Å². The normalized spacial score (nSPS) is 16.0. The topological polar surface area (TPSA) is 48.9 Å².